The molecule has 20 heavy (non-hydrogen) atoms. The first-order valence-electron chi connectivity index (χ1n) is 6.33. The van der Waals surface area contributed by atoms with Gasteiger partial charge in [-0.15, -0.1) is 0 Å². The van der Waals surface area contributed by atoms with Crippen LogP contribution < -0.4 is 5.73 Å². The predicted octanol–water partition coefficient (Wildman–Crippen LogP) is 3.64. The molecule has 6 heteroatoms. The number of benzene rings is 1. The molecule has 2 N–H and O–H groups in total. The van der Waals surface area contributed by atoms with Crippen molar-refractivity contribution >= 4 is 5.82 Å². The Labute approximate surface area is 115 Å². The van der Waals surface area contributed by atoms with Crippen molar-refractivity contribution in [1.29, 1.82) is 0 Å². The van der Waals surface area contributed by atoms with E-state index in [0.717, 1.165) is 24.1 Å². The number of nitrogens with two attached hydrogens (primary N) is 1. The molecule has 0 saturated heterocycles. The Morgan fingerprint density at radius 1 is 1.30 bits per heavy atom. The van der Waals surface area contributed by atoms with Crippen LogP contribution >= 0.6 is 0 Å². The molecule has 0 bridgehead atoms. The highest BCUT2D eigenvalue weighted by Crippen LogP contribution is 2.34. The molecule has 108 valence electrons. The lowest BCUT2D eigenvalue weighted by Crippen LogP contribution is -2.04. The fourth-order valence-electron chi connectivity index (χ4n) is 2.15. The topological polar surface area (TPSA) is 43.8 Å². The quantitative estimate of drug-likeness (QED) is 0.934. The average molecular weight is 283 g/mol. The van der Waals surface area contributed by atoms with Crippen molar-refractivity contribution in [3.05, 3.63) is 35.4 Å². The molecule has 0 saturated carbocycles. The number of hydrogen-bond donors (Lipinski definition) is 1. The maximum Gasteiger partial charge on any atom is 0.416 e. The van der Waals surface area contributed by atoms with Gasteiger partial charge in [-0.1, -0.05) is 25.5 Å². The Kier molecular flexibility index (Phi) is 3.74. The van der Waals surface area contributed by atoms with Crippen molar-refractivity contribution in [2.45, 2.75) is 25.9 Å². The lowest BCUT2D eigenvalue weighted by Gasteiger charge is -2.08. The number of rotatable bonds is 3. The first-order valence-corrected chi connectivity index (χ1v) is 6.33. The van der Waals surface area contributed by atoms with Crippen LogP contribution in [0.3, 0.4) is 0 Å². The number of anilines is 1. The lowest BCUT2D eigenvalue weighted by molar-refractivity contribution is -0.137. The zero-order valence-corrected chi connectivity index (χ0v) is 11.3. The molecule has 1 heterocycles. The number of alkyl halides is 3. The number of aryl methyl sites for hydroxylation is 1. The van der Waals surface area contributed by atoms with Gasteiger partial charge in [0.1, 0.15) is 5.82 Å². The van der Waals surface area contributed by atoms with E-state index in [1.165, 1.54) is 10.7 Å². The van der Waals surface area contributed by atoms with E-state index in [9.17, 15) is 13.2 Å². The predicted molar refractivity (Wildman–Crippen MR) is 72.1 cm³/mol. The minimum absolute atomic E-state index is 0.440. The van der Waals surface area contributed by atoms with E-state index in [2.05, 4.69) is 5.10 Å². The summed E-state index contributed by atoms with van der Waals surface area (Å²) in [4.78, 5) is 0. The van der Waals surface area contributed by atoms with Crippen molar-refractivity contribution in [1.82, 2.24) is 9.78 Å². The second kappa shape index (κ2) is 5.19. The van der Waals surface area contributed by atoms with E-state index in [4.69, 9.17) is 5.73 Å². The summed E-state index contributed by atoms with van der Waals surface area (Å²) in [6.07, 6.45) is -2.83. The van der Waals surface area contributed by atoms with E-state index in [1.807, 2.05) is 6.92 Å². The molecule has 0 amide bonds. The number of nitrogens with zero attached hydrogens (tertiary/aromatic N) is 2. The Bertz CT molecular complexity index is 615. The SMILES string of the molecule is CCCc1c(-c2cccc(C(F)(F)F)c2)nn(C)c1N. The molecule has 2 aromatic rings. The summed E-state index contributed by atoms with van der Waals surface area (Å²) in [6, 6.07) is 5.17. The van der Waals surface area contributed by atoms with Gasteiger partial charge >= 0.3 is 6.18 Å². The van der Waals surface area contributed by atoms with Crippen LogP contribution in [0.5, 0.6) is 0 Å². The van der Waals surface area contributed by atoms with E-state index in [-0.39, 0.29) is 0 Å². The van der Waals surface area contributed by atoms with Crippen LogP contribution in [0.4, 0.5) is 19.0 Å². The zero-order valence-electron chi connectivity index (χ0n) is 11.3. The molecule has 3 nitrogen and oxygen atoms in total. The first kappa shape index (κ1) is 14.4. The number of nitrogen functional groups attached to an aromatic ring is 1. The van der Waals surface area contributed by atoms with Crippen LogP contribution in [-0.4, -0.2) is 9.78 Å². The second-order valence-electron chi connectivity index (χ2n) is 4.66. The van der Waals surface area contributed by atoms with Gasteiger partial charge in [-0.3, -0.25) is 4.68 Å². The molecule has 0 unspecified atom stereocenters. The molecule has 1 aromatic heterocycles. The van der Waals surface area contributed by atoms with Gasteiger partial charge in [0.25, 0.3) is 0 Å². The minimum atomic E-state index is -4.36. The van der Waals surface area contributed by atoms with E-state index in [0.29, 0.717) is 23.5 Å². The van der Waals surface area contributed by atoms with Crippen LogP contribution in [0.15, 0.2) is 24.3 Å². The molecule has 0 atom stereocenters. The van der Waals surface area contributed by atoms with Crippen LogP contribution in [0.25, 0.3) is 11.3 Å². The smallest absolute Gasteiger partial charge is 0.384 e. The van der Waals surface area contributed by atoms with Gasteiger partial charge in [0.05, 0.1) is 11.3 Å². The van der Waals surface area contributed by atoms with Gasteiger partial charge in [-0.25, -0.2) is 0 Å². The number of aromatic nitrogens is 2. The molecule has 1 aromatic carbocycles. The molecule has 0 aliphatic heterocycles. The van der Waals surface area contributed by atoms with Gasteiger partial charge in [-0.2, -0.15) is 18.3 Å². The Morgan fingerprint density at radius 3 is 2.60 bits per heavy atom. The minimum Gasteiger partial charge on any atom is -0.384 e. The van der Waals surface area contributed by atoms with Gasteiger partial charge in [0, 0.05) is 18.2 Å². The first-order chi connectivity index (χ1) is 9.34. The number of hydrogen-bond acceptors (Lipinski definition) is 2. The van der Waals surface area contributed by atoms with Crippen molar-refractivity contribution in [3.63, 3.8) is 0 Å². The van der Waals surface area contributed by atoms with E-state index in [1.54, 1.807) is 13.1 Å². The van der Waals surface area contributed by atoms with Crippen molar-refractivity contribution in [2.24, 2.45) is 7.05 Å². The fraction of sp³-hybridized carbons (Fsp3) is 0.357. The third-order valence-electron chi connectivity index (χ3n) is 3.16. The largest absolute Gasteiger partial charge is 0.416 e. The van der Waals surface area contributed by atoms with Crippen molar-refractivity contribution in [3.8, 4) is 11.3 Å². The molecule has 0 aliphatic rings. The monoisotopic (exact) mass is 283 g/mol. The standard InChI is InChI=1S/C14H16F3N3/c1-3-5-11-12(19-20(2)13(11)18)9-6-4-7-10(8-9)14(15,16)17/h4,6-8H,3,5,18H2,1-2H3. The molecular formula is C14H16F3N3. The summed E-state index contributed by atoms with van der Waals surface area (Å²) in [7, 11) is 1.69. The summed E-state index contributed by atoms with van der Waals surface area (Å²) in [5.41, 5.74) is 7.02. The van der Waals surface area contributed by atoms with Gasteiger partial charge in [0.2, 0.25) is 0 Å². The van der Waals surface area contributed by atoms with Crippen LogP contribution in [0, 0.1) is 0 Å². The molecule has 0 spiro atoms. The highest BCUT2D eigenvalue weighted by atomic mass is 19.4. The van der Waals surface area contributed by atoms with Crippen LogP contribution in [-0.2, 0) is 19.6 Å². The molecule has 0 fully saturated rings. The summed E-state index contributed by atoms with van der Waals surface area (Å²) >= 11 is 0. The third-order valence-corrected chi connectivity index (χ3v) is 3.16. The summed E-state index contributed by atoms with van der Waals surface area (Å²) in [6.45, 7) is 1.99. The van der Waals surface area contributed by atoms with Crippen molar-refractivity contribution < 1.29 is 13.2 Å². The Morgan fingerprint density at radius 2 is 2.00 bits per heavy atom. The Balaban J connectivity index is 2.54. The fourth-order valence-corrected chi connectivity index (χ4v) is 2.15. The molecular weight excluding hydrogens is 267 g/mol. The normalized spacial score (nSPS) is 11.8. The maximum absolute atomic E-state index is 12.8. The summed E-state index contributed by atoms with van der Waals surface area (Å²) in [5, 5.41) is 4.25. The lowest BCUT2D eigenvalue weighted by atomic mass is 10.0. The zero-order chi connectivity index (χ0) is 14.9. The van der Waals surface area contributed by atoms with Crippen LogP contribution in [0.2, 0.25) is 0 Å². The Hall–Kier alpha value is -1.98. The third kappa shape index (κ3) is 2.64. The molecule has 0 radical (unpaired) electrons. The van der Waals surface area contributed by atoms with Gasteiger partial charge in [-0.05, 0) is 18.6 Å². The highest BCUT2D eigenvalue weighted by Gasteiger charge is 2.31. The highest BCUT2D eigenvalue weighted by molar-refractivity contribution is 5.69. The second-order valence-corrected chi connectivity index (χ2v) is 4.66. The van der Waals surface area contributed by atoms with Gasteiger partial charge < -0.3 is 5.73 Å². The van der Waals surface area contributed by atoms with Crippen LogP contribution in [0.1, 0.15) is 24.5 Å². The molecule has 2 rings (SSSR count). The van der Waals surface area contributed by atoms with E-state index < -0.39 is 11.7 Å². The average Bonchev–Trinajstić information content (AvgIpc) is 2.67. The summed E-state index contributed by atoms with van der Waals surface area (Å²) in [5.74, 6) is 0.499. The van der Waals surface area contributed by atoms with Gasteiger partial charge in [0.15, 0.2) is 0 Å². The van der Waals surface area contributed by atoms with E-state index >= 15 is 0 Å². The molecule has 0 aliphatic carbocycles. The van der Waals surface area contributed by atoms with Crippen molar-refractivity contribution in [2.75, 3.05) is 5.73 Å². The number of halogens is 3. The maximum atomic E-state index is 12.8. The summed E-state index contributed by atoms with van der Waals surface area (Å²) < 4.78 is 39.8.